The molecular formula is C17H27N3O5S. The van der Waals surface area contributed by atoms with Crippen LogP contribution in [0.5, 0.6) is 5.75 Å². The highest BCUT2D eigenvalue weighted by molar-refractivity contribution is 7.89. The zero-order chi connectivity index (χ0) is 18.8. The molecule has 2 N–H and O–H groups in total. The zero-order valence-electron chi connectivity index (χ0n) is 15.1. The van der Waals surface area contributed by atoms with Crippen LogP contribution in [-0.2, 0) is 21.3 Å². The lowest BCUT2D eigenvalue weighted by molar-refractivity contribution is 0.0730. The maximum atomic E-state index is 12.2. The van der Waals surface area contributed by atoms with E-state index in [0.717, 1.165) is 17.7 Å². The number of benzene rings is 1. The highest BCUT2D eigenvalue weighted by Crippen LogP contribution is 2.13. The monoisotopic (exact) mass is 385 g/mol. The Morgan fingerprint density at radius 2 is 2.04 bits per heavy atom. The molecular weight excluding hydrogens is 358 g/mol. The Kier molecular flexibility index (Phi) is 8.14. The minimum atomic E-state index is -3.37. The predicted molar refractivity (Wildman–Crippen MR) is 98.6 cm³/mol. The first-order chi connectivity index (χ1) is 12.5. The topological polar surface area (TPSA) is 97.0 Å². The number of rotatable bonds is 9. The Labute approximate surface area is 154 Å². The lowest BCUT2D eigenvalue weighted by Gasteiger charge is -2.26. The molecule has 1 aromatic rings. The normalized spacial score (nSPS) is 15.4. The minimum Gasteiger partial charge on any atom is -0.494 e. The first-order valence-corrected chi connectivity index (χ1v) is 10.4. The maximum absolute atomic E-state index is 12.2. The molecule has 0 aromatic heterocycles. The van der Waals surface area contributed by atoms with E-state index in [4.69, 9.17) is 9.47 Å². The van der Waals surface area contributed by atoms with Gasteiger partial charge in [-0.1, -0.05) is 19.1 Å². The van der Waals surface area contributed by atoms with Crippen molar-refractivity contribution in [2.75, 3.05) is 45.2 Å². The fourth-order valence-corrected chi connectivity index (χ4v) is 3.78. The molecule has 0 spiro atoms. The van der Waals surface area contributed by atoms with E-state index in [1.807, 2.05) is 31.2 Å². The summed E-state index contributed by atoms with van der Waals surface area (Å²) >= 11 is 0. The van der Waals surface area contributed by atoms with Gasteiger partial charge in [0.2, 0.25) is 10.0 Å². The molecule has 0 saturated carbocycles. The number of sulfonamides is 1. The first kappa shape index (κ1) is 20.5. The molecule has 1 aromatic carbocycles. The molecule has 9 heteroatoms. The van der Waals surface area contributed by atoms with E-state index >= 15 is 0 Å². The maximum Gasteiger partial charge on any atom is 0.315 e. The van der Waals surface area contributed by atoms with Crippen LogP contribution in [0.2, 0.25) is 0 Å². The molecule has 26 heavy (non-hydrogen) atoms. The van der Waals surface area contributed by atoms with E-state index in [2.05, 4.69) is 10.6 Å². The summed E-state index contributed by atoms with van der Waals surface area (Å²) in [5, 5.41) is 5.29. The van der Waals surface area contributed by atoms with E-state index in [1.165, 1.54) is 4.31 Å². The molecule has 0 radical (unpaired) electrons. The van der Waals surface area contributed by atoms with Crippen LogP contribution in [0.25, 0.3) is 0 Å². The summed E-state index contributed by atoms with van der Waals surface area (Å²) in [6.45, 7) is 4.64. The van der Waals surface area contributed by atoms with Crippen molar-refractivity contribution in [3.8, 4) is 5.75 Å². The van der Waals surface area contributed by atoms with Gasteiger partial charge >= 0.3 is 6.03 Å². The number of urea groups is 1. The molecule has 1 fully saturated rings. The molecule has 0 atom stereocenters. The number of nitrogens with one attached hydrogen (secondary N) is 2. The van der Waals surface area contributed by atoms with Crippen molar-refractivity contribution >= 4 is 16.1 Å². The van der Waals surface area contributed by atoms with E-state index < -0.39 is 16.1 Å². The van der Waals surface area contributed by atoms with Crippen molar-refractivity contribution in [3.05, 3.63) is 29.8 Å². The van der Waals surface area contributed by atoms with Gasteiger partial charge in [-0.25, -0.2) is 13.2 Å². The van der Waals surface area contributed by atoms with Gasteiger partial charge in [0, 0.05) is 26.2 Å². The summed E-state index contributed by atoms with van der Waals surface area (Å²) < 4.78 is 36.4. The molecule has 2 rings (SSSR count). The lowest BCUT2D eigenvalue weighted by Crippen LogP contribution is -2.44. The Bertz CT molecular complexity index is 675. The number of hydrogen-bond acceptors (Lipinski definition) is 5. The largest absolute Gasteiger partial charge is 0.494 e. The van der Waals surface area contributed by atoms with Crippen molar-refractivity contribution in [1.82, 2.24) is 14.9 Å². The standard InChI is InChI=1S/C17H27N3O5S/c1-2-9-25-16-5-3-4-15(13-16)14-19-17(21)18-6-12-26(22,23)20-7-10-24-11-8-20/h3-5,13H,2,6-12,14H2,1H3,(H2,18,19,21). The summed E-state index contributed by atoms with van der Waals surface area (Å²) in [6.07, 6.45) is 0.929. The second kappa shape index (κ2) is 10.3. The number of carbonyl (C=O) groups is 1. The van der Waals surface area contributed by atoms with E-state index in [1.54, 1.807) is 0 Å². The quantitative estimate of drug-likeness (QED) is 0.659. The third-order valence-electron chi connectivity index (χ3n) is 3.83. The number of nitrogens with zero attached hydrogens (tertiary/aromatic N) is 1. The highest BCUT2D eigenvalue weighted by Gasteiger charge is 2.23. The van der Waals surface area contributed by atoms with Gasteiger partial charge in [0.1, 0.15) is 5.75 Å². The van der Waals surface area contributed by atoms with E-state index in [9.17, 15) is 13.2 Å². The van der Waals surface area contributed by atoms with Crippen LogP contribution in [0.1, 0.15) is 18.9 Å². The Morgan fingerprint density at radius 1 is 1.27 bits per heavy atom. The third-order valence-corrected chi connectivity index (χ3v) is 5.71. The Balaban J connectivity index is 1.70. The number of morpholine rings is 1. The molecule has 146 valence electrons. The first-order valence-electron chi connectivity index (χ1n) is 8.80. The van der Waals surface area contributed by atoms with Gasteiger partial charge in [0.15, 0.2) is 0 Å². The molecule has 1 aliphatic rings. The van der Waals surface area contributed by atoms with E-state index in [0.29, 0.717) is 39.5 Å². The summed E-state index contributed by atoms with van der Waals surface area (Å²) in [5.41, 5.74) is 0.912. The van der Waals surface area contributed by atoms with Gasteiger partial charge in [-0.15, -0.1) is 0 Å². The second-order valence-corrected chi connectivity index (χ2v) is 8.02. The fourth-order valence-electron chi connectivity index (χ4n) is 2.46. The van der Waals surface area contributed by atoms with Crippen LogP contribution in [-0.4, -0.2) is 64.0 Å². The summed E-state index contributed by atoms with van der Waals surface area (Å²) in [6, 6.07) is 7.10. The Hall–Kier alpha value is -1.84. The van der Waals surface area contributed by atoms with Crippen molar-refractivity contribution in [1.29, 1.82) is 0 Å². The van der Waals surface area contributed by atoms with Crippen LogP contribution < -0.4 is 15.4 Å². The van der Waals surface area contributed by atoms with Crippen LogP contribution in [0.4, 0.5) is 4.79 Å². The van der Waals surface area contributed by atoms with Crippen LogP contribution in [0, 0.1) is 0 Å². The number of amides is 2. The lowest BCUT2D eigenvalue weighted by atomic mass is 10.2. The predicted octanol–water partition coefficient (Wildman–Crippen LogP) is 0.937. The average molecular weight is 385 g/mol. The molecule has 1 saturated heterocycles. The summed E-state index contributed by atoms with van der Waals surface area (Å²) in [4.78, 5) is 11.9. The second-order valence-electron chi connectivity index (χ2n) is 5.93. The van der Waals surface area contributed by atoms with Gasteiger partial charge in [-0.2, -0.15) is 4.31 Å². The van der Waals surface area contributed by atoms with Crippen LogP contribution >= 0.6 is 0 Å². The molecule has 2 amide bonds. The van der Waals surface area contributed by atoms with Crippen molar-refractivity contribution in [2.24, 2.45) is 0 Å². The van der Waals surface area contributed by atoms with E-state index in [-0.39, 0.29) is 12.3 Å². The average Bonchev–Trinajstić information content (AvgIpc) is 2.65. The molecule has 1 heterocycles. The highest BCUT2D eigenvalue weighted by atomic mass is 32.2. The SMILES string of the molecule is CCCOc1cccc(CNC(=O)NCCS(=O)(=O)N2CCOCC2)c1. The van der Waals surface area contributed by atoms with Gasteiger partial charge in [-0.05, 0) is 24.1 Å². The van der Waals surface area contributed by atoms with Crippen molar-refractivity contribution in [2.45, 2.75) is 19.9 Å². The Morgan fingerprint density at radius 3 is 2.77 bits per heavy atom. The molecule has 0 aliphatic carbocycles. The summed E-state index contributed by atoms with van der Waals surface area (Å²) in [5.74, 6) is 0.643. The van der Waals surface area contributed by atoms with Gasteiger partial charge in [0.25, 0.3) is 0 Å². The number of hydrogen-bond donors (Lipinski definition) is 2. The minimum absolute atomic E-state index is 0.0607. The van der Waals surface area contributed by atoms with Gasteiger partial charge in [-0.3, -0.25) is 0 Å². The van der Waals surface area contributed by atoms with Crippen molar-refractivity contribution < 1.29 is 22.7 Å². The number of ether oxygens (including phenoxy) is 2. The number of carbonyl (C=O) groups excluding carboxylic acids is 1. The zero-order valence-corrected chi connectivity index (χ0v) is 15.9. The summed E-state index contributed by atoms with van der Waals surface area (Å²) in [7, 11) is -3.37. The molecule has 8 nitrogen and oxygen atoms in total. The van der Waals surface area contributed by atoms with Gasteiger partial charge < -0.3 is 20.1 Å². The molecule has 0 bridgehead atoms. The van der Waals surface area contributed by atoms with Crippen molar-refractivity contribution in [3.63, 3.8) is 0 Å². The van der Waals surface area contributed by atoms with Crippen LogP contribution in [0.15, 0.2) is 24.3 Å². The molecule has 1 aliphatic heterocycles. The third kappa shape index (κ3) is 6.81. The molecule has 0 unspecified atom stereocenters. The smallest absolute Gasteiger partial charge is 0.315 e. The van der Waals surface area contributed by atoms with Gasteiger partial charge in [0.05, 0.1) is 25.6 Å². The van der Waals surface area contributed by atoms with Crippen LogP contribution in [0.3, 0.4) is 0 Å². The fraction of sp³-hybridized carbons (Fsp3) is 0.588.